The van der Waals surface area contributed by atoms with Crippen LogP contribution >= 0.6 is 0 Å². The van der Waals surface area contributed by atoms with Crippen LogP contribution in [0.15, 0.2) is 23.1 Å². The van der Waals surface area contributed by atoms with Crippen molar-refractivity contribution in [3.05, 3.63) is 24.1 Å². The van der Waals surface area contributed by atoms with E-state index in [1.807, 2.05) is 11.9 Å². The fourth-order valence-electron chi connectivity index (χ4n) is 2.23. The molecule has 1 aromatic heterocycles. The fraction of sp³-hybridized carbons (Fsp3) is 0.400. The Balaban J connectivity index is 2.00. The maximum atomic E-state index is 11.7. The quantitative estimate of drug-likeness (QED) is 0.681. The van der Waals surface area contributed by atoms with E-state index in [-0.39, 0.29) is 12.1 Å². The number of amides is 2. The highest BCUT2D eigenvalue weighted by Gasteiger charge is 2.39. The molecule has 5 heteroatoms. The van der Waals surface area contributed by atoms with Crippen LogP contribution in [0.4, 0.5) is 4.79 Å². The second kappa shape index (κ2) is 2.85. The first-order valence-corrected chi connectivity index (χ1v) is 4.89. The van der Waals surface area contributed by atoms with Gasteiger partial charge >= 0.3 is 6.03 Å². The average Bonchev–Trinajstić information content (AvgIpc) is 2.85. The maximum Gasteiger partial charge on any atom is 0.320 e. The van der Waals surface area contributed by atoms with Crippen LogP contribution in [0.5, 0.6) is 0 Å². The lowest BCUT2D eigenvalue weighted by molar-refractivity contribution is 0.202. The van der Waals surface area contributed by atoms with Crippen molar-refractivity contribution < 1.29 is 9.32 Å². The molecule has 1 fully saturated rings. The molecule has 0 spiro atoms. The molecular weight excluding hydrogens is 194 g/mol. The summed E-state index contributed by atoms with van der Waals surface area (Å²) in [4.78, 5) is 15.3. The lowest BCUT2D eigenvalue weighted by atomic mass is 9.99. The van der Waals surface area contributed by atoms with Gasteiger partial charge in [0.2, 0.25) is 0 Å². The summed E-state index contributed by atoms with van der Waals surface area (Å²) in [6.45, 7) is 1.45. The molecule has 1 atom stereocenters. The van der Waals surface area contributed by atoms with Gasteiger partial charge in [0, 0.05) is 25.7 Å². The first-order chi connectivity index (χ1) is 7.27. The molecule has 1 unspecified atom stereocenters. The smallest absolute Gasteiger partial charge is 0.320 e. The molecule has 0 saturated carbocycles. The summed E-state index contributed by atoms with van der Waals surface area (Å²) in [5.74, 6) is 0. The molecule has 3 heterocycles. The van der Waals surface area contributed by atoms with Gasteiger partial charge in [-0.3, -0.25) is 0 Å². The van der Waals surface area contributed by atoms with E-state index < -0.39 is 0 Å². The lowest BCUT2D eigenvalue weighted by Crippen LogP contribution is -2.30. The number of likely N-dealkylation sites (N-methyl/N-ethyl adjacent to an activating group) is 1. The molecule has 2 amide bonds. The highest BCUT2D eigenvalue weighted by atomic mass is 16.5. The molecule has 1 aromatic rings. The molecule has 3 rings (SSSR count). The third-order valence-corrected chi connectivity index (χ3v) is 3.09. The number of carbonyl (C=O) groups excluding carboxylic acids is 1. The summed E-state index contributed by atoms with van der Waals surface area (Å²) >= 11 is 0. The number of carbonyl (C=O) groups is 1. The summed E-state index contributed by atoms with van der Waals surface area (Å²) in [5, 5.41) is 3.69. The van der Waals surface area contributed by atoms with Gasteiger partial charge < -0.3 is 14.3 Å². The predicted octanol–water partition coefficient (Wildman–Crippen LogP) is 0.808. The Morgan fingerprint density at radius 1 is 1.60 bits per heavy atom. The number of rotatable bonds is 1. The molecule has 15 heavy (non-hydrogen) atoms. The normalized spacial score (nSPS) is 24.7. The minimum Gasteiger partial charge on any atom is -0.364 e. The topological polar surface area (TPSA) is 49.6 Å². The molecule has 78 valence electrons. The largest absolute Gasteiger partial charge is 0.364 e. The van der Waals surface area contributed by atoms with Crippen molar-refractivity contribution in [2.45, 2.75) is 6.04 Å². The van der Waals surface area contributed by atoms with Gasteiger partial charge in [-0.1, -0.05) is 11.2 Å². The van der Waals surface area contributed by atoms with Crippen molar-refractivity contribution in [3.63, 3.8) is 0 Å². The van der Waals surface area contributed by atoms with Crippen LogP contribution in [0.25, 0.3) is 5.57 Å². The van der Waals surface area contributed by atoms with Crippen molar-refractivity contribution >= 4 is 11.6 Å². The van der Waals surface area contributed by atoms with Crippen LogP contribution in [0.1, 0.15) is 5.56 Å². The summed E-state index contributed by atoms with van der Waals surface area (Å²) in [7, 11) is 1.83. The minimum atomic E-state index is 0.0997. The van der Waals surface area contributed by atoms with Crippen LogP contribution < -0.4 is 0 Å². The Hall–Kier alpha value is -1.78. The Bertz CT molecular complexity index is 424. The second-order valence-electron chi connectivity index (χ2n) is 3.89. The van der Waals surface area contributed by atoms with Gasteiger partial charge in [-0.25, -0.2) is 4.79 Å². The monoisotopic (exact) mass is 205 g/mol. The molecule has 2 bridgehead atoms. The van der Waals surface area contributed by atoms with Crippen molar-refractivity contribution in [1.29, 1.82) is 0 Å². The van der Waals surface area contributed by atoms with Crippen LogP contribution in [0, 0.1) is 0 Å². The van der Waals surface area contributed by atoms with Gasteiger partial charge in [0.05, 0.1) is 12.2 Å². The number of nitrogens with zero attached hydrogens (tertiary/aromatic N) is 3. The van der Waals surface area contributed by atoms with Crippen LogP contribution in [0.3, 0.4) is 0 Å². The SMILES string of the molecule is CN1C(=O)N2CC=C(c3cnoc3)C1C2. The van der Waals surface area contributed by atoms with E-state index in [1.165, 1.54) is 0 Å². The van der Waals surface area contributed by atoms with E-state index in [2.05, 4.69) is 11.2 Å². The summed E-state index contributed by atoms with van der Waals surface area (Å²) in [6, 6.07) is 0.244. The number of hydrogen-bond donors (Lipinski definition) is 0. The molecule has 2 aliphatic rings. The number of hydrogen-bond acceptors (Lipinski definition) is 3. The van der Waals surface area contributed by atoms with E-state index in [4.69, 9.17) is 4.52 Å². The first kappa shape index (κ1) is 8.52. The predicted molar refractivity (Wildman–Crippen MR) is 53.0 cm³/mol. The zero-order valence-corrected chi connectivity index (χ0v) is 8.38. The molecule has 0 N–H and O–H groups in total. The standard InChI is InChI=1S/C10H11N3O2/c1-12-9-5-13(10(12)14)3-2-8(9)7-4-11-15-6-7/h2,4,6,9H,3,5H2,1H3. The maximum absolute atomic E-state index is 11.7. The Kier molecular flexibility index (Phi) is 1.62. The molecule has 1 saturated heterocycles. The van der Waals surface area contributed by atoms with E-state index in [1.54, 1.807) is 17.4 Å². The van der Waals surface area contributed by atoms with Crippen molar-refractivity contribution in [3.8, 4) is 0 Å². The molecule has 0 aliphatic carbocycles. The Morgan fingerprint density at radius 3 is 3.20 bits per heavy atom. The van der Waals surface area contributed by atoms with Crippen LogP contribution in [-0.4, -0.2) is 47.2 Å². The van der Waals surface area contributed by atoms with Crippen molar-refractivity contribution in [2.75, 3.05) is 20.1 Å². The zero-order chi connectivity index (χ0) is 10.4. The average molecular weight is 205 g/mol. The third kappa shape index (κ3) is 1.09. The van der Waals surface area contributed by atoms with E-state index in [0.29, 0.717) is 6.54 Å². The molecular formula is C10H11N3O2. The third-order valence-electron chi connectivity index (χ3n) is 3.09. The molecule has 5 nitrogen and oxygen atoms in total. The highest BCUT2D eigenvalue weighted by Crippen LogP contribution is 2.30. The van der Waals surface area contributed by atoms with Gasteiger partial charge in [0.15, 0.2) is 0 Å². The summed E-state index contributed by atoms with van der Waals surface area (Å²) in [5.41, 5.74) is 2.11. The van der Waals surface area contributed by atoms with Gasteiger partial charge in [-0.2, -0.15) is 0 Å². The fourth-order valence-corrected chi connectivity index (χ4v) is 2.23. The molecule has 0 radical (unpaired) electrons. The van der Waals surface area contributed by atoms with Gasteiger partial charge in [-0.05, 0) is 5.57 Å². The lowest BCUT2D eigenvalue weighted by Gasteiger charge is -2.22. The van der Waals surface area contributed by atoms with Gasteiger partial charge in [0.25, 0.3) is 0 Å². The van der Waals surface area contributed by atoms with Crippen molar-refractivity contribution in [1.82, 2.24) is 15.0 Å². The highest BCUT2D eigenvalue weighted by molar-refractivity contribution is 5.85. The van der Waals surface area contributed by atoms with E-state index in [0.717, 1.165) is 17.7 Å². The van der Waals surface area contributed by atoms with Gasteiger partial charge in [0.1, 0.15) is 6.26 Å². The second-order valence-corrected chi connectivity index (χ2v) is 3.89. The molecule has 2 aliphatic heterocycles. The number of urea groups is 1. The summed E-state index contributed by atoms with van der Waals surface area (Å²) in [6.07, 6.45) is 5.39. The zero-order valence-electron chi connectivity index (χ0n) is 8.38. The Morgan fingerprint density at radius 2 is 2.47 bits per heavy atom. The number of fused-ring (bicyclic) bond motifs is 2. The first-order valence-electron chi connectivity index (χ1n) is 4.89. The Labute approximate surface area is 86.9 Å². The number of aromatic nitrogens is 1. The van der Waals surface area contributed by atoms with E-state index in [9.17, 15) is 4.79 Å². The van der Waals surface area contributed by atoms with Crippen LogP contribution in [-0.2, 0) is 0 Å². The minimum absolute atomic E-state index is 0.0997. The van der Waals surface area contributed by atoms with Crippen LogP contribution in [0.2, 0.25) is 0 Å². The summed E-state index contributed by atoms with van der Waals surface area (Å²) < 4.78 is 4.83. The molecule has 0 aromatic carbocycles. The van der Waals surface area contributed by atoms with Gasteiger partial charge in [-0.15, -0.1) is 0 Å². The van der Waals surface area contributed by atoms with E-state index >= 15 is 0 Å². The van der Waals surface area contributed by atoms with Crippen molar-refractivity contribution in [2.24, 2.45) is 0 Å².